The van der Waals surface area contributed by atoms with Crippen LogP contribution in [-0.2, 0) is 6.54 Å². The van der Waals surface area contributed by atoms with E-state index in [1.165, 1.54) is 5.69 Å². The van der Waals surface area contributed by atoms with Crippen LogP contribution in [0.2, 0.25) is 0 Å². The Kier molecular flexibility index (Phi) is 8.78. The van der Waals surface area contributed by atoms with Crippen LogP contribution < -0.4 is 15.8 Å². The van der Waals surface area contributed by atoms with Crippen molar-refractivity contribution < 1.29 is 4.74 Å². The Morgan fingerprint density at radius 1 is 1.41 bits per heavy atom. The Labute approximate surface area is 182 Å². The van der Waals surface area contributed by atoms with Gasteiger partial charge in [0, 0.05) is 30.2 Å². The second kappa shape index (κ2) is 10.8. The molecule has 3 N–H and O–H groups in total. The summed E-state index contributed by atoms with van der Waals surface area (Å²) in [5.74, 6) is 1.85. The summed E-state index contributed by atoms with van der Waals surface area (Å²) in [4.78, 5) is 11.6. The molecular weight excluding hydrogens is 473 g/mol. The van der Waals surface area contributed by atoms with Crippen molar-refractivity contribution in [1.82, 2.24) is 9.88 Å². The van der Waals surface area contributed by atoms with Crippen LogP contribution in [-0.4, -0.2) is 42.6 Å². The molecule has 8 heteroatoms. The number of halogens is 1. The molecule has 0 saturated carbocycles. The number of hydrogen-bond donors (Lipinski definition) is 2. The Morgan fingerprint density at radius 2 is 2.19 bits per heavy atom. The zero-order valence-electron chi connectivity index (χ0n) is 15.9. The summed E-state index contributed by atoms with van der Waals surface area (Å²) in [5.41, 5.74) is 8.11. The van der Waals surface area contributed by atoms with Gasteiger partial charge in [0.2, 0.25) is 0 Å². The van der Waals surface area contributed by atoms with Crippen LogP contribution in [0.4, 0.5) is 5.69 Å². The number of aliphatic imine (C=N–C) groups is 1. The van der Waals surface area contributed by atoms with E-state index in [0.29, 0.717) is 11.9 Å². The van der Waals surface area contributed by atoms with Gasteiger partial charge in [0.1, 0.15) is 5.75 Å². The van der Waals surface area contributed by atoms with E-state index in [0.717, 1.165) is 55.5 Å². The first-order valence-corrected chi connectivity index (χ1v) is 9.84. The van der Waals surface area contributed by atoms with Crippen LogP contribution >= 0.6 is 35.3 Å². The molecule has 1 aromatic heterocycles. The lowest BCUT2D eigenvalue weighted by atomic mass is 9.97. The third-order valence-corrected chi connectivity index (χ3v) is 5.44. The molecule has 1 aliphatic rings. The van der Waals surface area contributed by atoms with Gasteiger partial charge in [0.05, 0.1) is 17.8 Å². The number of rotatable bonds is 6. The number of aromatic nitrogens is 1. The maximum Gasteiger partial charge on any atom is 0.193 e. The van der Waals surface area contributed by atoms with Crippen molar-refractivity contribution in [2.75, 3.05) is 32.1 Å². The number of likely N-dealkylation sites (tertiary alicyclic amines) is 1. The normalized spacial score (nSPS) is 16.0. The number of ether oxygens (including phenoxy) is 1. The average Bonchev–Trinajstić information content (AvgIpc) is 3.06. The van der Waals surface area contributed by atoms with E-state index in [2.05, 4.69) is 32.5 Å². The van der Waals surface area contributed by atoms with Crippen LogP contribution in [0.3, 0.4) is 0 Å². The summed E-state index contributed by atoms with van der Waals surface area (Å²) in [6.45, 7) is 5.98. The average molecular weight is 501 g/mol. The zero-order valence-corrected chi connectivity index (χ0v) is 19.0. The first-order chi connectivity index (χ1) is 12.6. The molecule has 1 aromatic carbocycles. The highest BCUT2D eigenvalue weighted by atomic mass is 127. The van der Waals surface area contributed by atoms with Gasteiger partial charge in [-0.3, -0.25) is 9.89 Å². The van der Waals surface area contributed by atoms with E-state index in [-0.39, 0.29) is 24.0 Å². The fourth-order valence-corrected chi connectivity index (χ4v) is 3.76. The molecule has 1 fully saturated rings. The maximum absolute atomic E-state index is 6.03. The van der Waals surface area contributed by atoms with Crippen LogP contribution in [0, 0.1) is 12.8 Å². The minimum atomic E-state index is 0. The molecule has 0 unspecified atom stereocenters. The summed E-state index contributed by atoms with van der Waals surface area (Å²) in [6.07, 6.45) is 2.30. The smallest absolute Gasteiger partial charge is 0.193 e. The van der Waals surface area contributed by atoms with Gasteiger partial charge >= 0.3 is 0 Å². The monoisotopic (exact) mass is 501 g/mol. The molecule has 0 radical (unpaired) electrons. The number of nitrogens with zero attached hydrogens (tertiary/aromatic N) is 3. The second-order valence-corrected chi connectivity index (χ2v) is 7.72. The second-order valence-electron chi connectivity index (χ2n) is 6.66. The van der Waals surface area contributed by atoms with Gasteiger partial charge in [-0.15, -0.1) is 35.3 Å². The van der Waals surface area contributed by atoms with Gasteiger partial charge in [0.15, 0.2) is 5.96 Å². The lowest BCUT2D eigenvalue weighted by Gasteiger charge is -2.30. The summed E-state index contributed by atoms with van der Waals surface area (Å²) in [5, 5.41) is 6.44. The van der Waals surface area contributed by atoms with Crippen LogP contribution in [0.1, 0.15) is 23.5 Å². The quantitative estimate of drug-likeness (QED) is 0.359. The van der Waals surface area contributed by atoms with Gasteiger partial charge in [-0.1, -0.05) is 6.07 Å². The molecule has 0 bridgehead atoms. The molecule has 1 aliphatic heterocycles. The highest BCUT2D eigenvalue weighted by Crippen LogP contribution is 2.20. The van der Waals surface area contributed by atoms with E-state index < -0.39 is 0 Å². The van der Waals surface area contributed by atoms with Crippen molar-refractivity contribution in [2.45, 2.75) is 26.3 Å². The first kappa shape index (κ1) is 21.9. The zero-order chi connectivity index (χ0) is 18.4. The number of nitrogens with one attached hydrogen (secondary N) is 1. The van der Waals surface area contributed by atoms with E-state index in [4.69, 9.17) is 10.5 Å². The number of anilines is 1. The van der Waals surface area contributed by atoms with Crippen LogP contribution in [0.5, 0.6) is 5.75 Å². The standard InChI is InChI=1S/C19H27N5OS.HI/c1-14-22-17(13-26-14)12-24-8-6-15(7-9-24)11-21-19(20)23-16-4-3-5-18(10-16)25-2;/h3-5,10,13,15H,6-9,11-12H2,1-2H3,(H3,20,21,23);1H. The van der Waals surface area contributed by atoms with Gasteiger partial charge in [-0.25, -0.2) is 4.98 Å². The van der Waals surface area contributed by atoms with Crippen LogP contribution in [0.15, 0.2) is 34.6 Å². The van der Waals surface area contributed by atoms with Crippen molar-refractivity contribution in [1.29, 1.82) is 0 Å². The predicted molar refractivity (Wildman–Crippen MR) is 123 cm³/mol. The van der Waals surface area contributed by atoms with Crippen molar-refractivity contribution in [3.05, 3.63) is 40.3 Å². The van der Waals surface area contributed by atoms with E-state index in [1.54, 1.807) is 18.4 Å². The fourth-order valence-electron chi connectivity index (χ4n) is 3.15. The largest absolute Gasteiger partial charge is 0.497 e. The predicted octanol–water partition coefficient (Wildman–Crippen LogP) is 3.72. The number of thiazole rings is 1. The van der Waals surface area contributed by atoms with E-state index in [1.807, 2.05) is 24.3 Å². The molecule has 6 nitrogen and oxygen atoms in total. The van der Waals surface area contributed by atoms with Gasteiger partial charge in [-0.2, -0.15) is 0 Å². The summed E-state index contributed by atoms with van der Waals surface area (Å²) in [7, 11) is 1.65. The third-order valence-electron chi connectivity index (χ3n) is 4.62. The van der Waals surface area contributed by atoms with Crippen LogP contribution in [0.25, 0.3) is 0 Å². The Balaban J connectivity index is 0.00000261. The summed E-state index contributed by atoms with van der Waals surface area (Å²) in [6, 6.07) is 7.68. The number of hydrogen-bond acceptors (Lipinski definition) is 5. The number of piperidine rings is 1. The molecule has 0 amide bonds. The van der Waals surface area contributed by atoms with Crippen molar-refractivity contribution >= 4 is 47.0 Å². The Morgan fingerprint density at radius 3 is 2.85 bits per heavy atom. The molecule has 0 spiro atoms. The fraction of sp³-hybridized carbons (Fsp3) is 0.474. The topological polar surface area (TPSA) is 75.8 Å². The summed E-state index contributed by atoms with van der Waals surface area (Å²) >= 11 is 1.72. The molecule has 148 valence electrons. The number of nitrogens with two attached hydrogens (primary N) is 1. The molecule has 2 heterocycles. The highest BCUT2D eigenvalue weighted by molar-refractivity contribution is 14.0. The highest BCUT2D eigenvalue weighted by Gasteiger charge is 2.19. The van der Waals surface area contributed by atoms with Crippen molar-refractivity contribution in [3.8, 4) is 5.75 Å². The molecule has 1 saturated heterocycles. The molecule has 2 aromatic rings. The van der Waals surface area contributed by atoms with E-state index in [9.17, 15) is 0 Å². The lowest BCUT2D eigenvalue weighted by molar-refractivity contribution is 0.179. The maximum atomic E-state index is 6.03. The van der Waals surface area contributed by atoms with Gasteiger partial charge in [-0.05, 0) is 50.9 Å². The molecule has 0 aliphatic carbocycles. The number of aryl methyl sites for hydroxylation is 1. The minimum Gasteiger partial charge on any atom is -0.497 e. The molecular formula is C19H28IN5OS. The van der Waals surface area contributed by atoms with Crippen molar-refractivity contribution in [2.24, 2.45) is 16.6 Å². The molecule has 3 rings (SSSR count). The Hall–Kier alpha value is -1.39. The van der Waals surface area contributed by atoms with Gasteiger partial charge in [0.25, 0.3) is 0 Å². The number of benzene rings is 1. The SMILES string of the molecule is COc1cccc(NC(N)=NCC2CCN(Cc3csc(C)n3)CC2)c1.I. The number of methoxy groups -OCH3 is 1. The van der Waals surface area contributed by atoms with E-state index >= 15 is 0 Å². The molecule has 0 atom stereocenters. The van der Waals surface area contributed by atoms with Crippen molar-refractivity contribution in [3.63, 3.8) is 0 Å². The Bertz CT molecular complexity index is 743. The lowest BCUT2D eigenvalue weighted by Crippen LogP contribution is -2.34. The third kappa shape index (κ3) is 6.93. The summed E-state index contributed by atoms with van der Waals surface area (Å²) < 4.78 is 5.22. The molecule has 27 heavy (non-hydrogen) atoms. The minimum absolute atomic E-state index is 0. The van der Waals surface area contributed by atoms with Gasteiger partial charge < -0.3 is 15.8 Å². The first-order valence-electron chi connectivity index (χ1n) is 8.96. The number of guanidine groups is 1.